The Morgan fingerprint density at radius 2 is 2.00 bits per heavy atom. The summed E-state index contributed by atoms with van der Waals surface area (Å²) in [4.78, 5) is 10.2. The summed E-state index contributed by atoms with van der Waals surface area (Å²) in [5, 5.41) is 10.6. The summed E-state index contributed by atoms with van der Waals surface area (Å²) in [6, 6.07) is 10.4. The molecule has 0 spiro atoms. The van der Waals surface area contributed by atoms with Crippen LogP contribution in [0.1, 0.15) is 35.9 Å². The molecule has 142 valence electrons. The normalized spacial score (nSPS) is 17.4. The maximum Gasteiger partial charge on any atom is 0.144 e. The van der Waals surface area contributed by atoms with Crippen LogP contribution < -0.4 is 0 Å². The molecule has 2 aromatic carbocycles. The second kappa shape index (κ2) is 7.29. The molecule has 2 heterocycles. The average molecular weight is 369 g/mol. The lowest BCUT2D eigenvalue weighted by Crippen LogP contribution is -2.35. The third kappa shape index (κ3) is 3.68. The van der Waals surface area contributed by atoms with Crippen molar-refractivity contribution in [2.24, 2.45) is 0 Å². The SMILES string of the molecule is Cc1cc(F)cc(C(OC2CCN(C)CC2)c2nc3ccccc3[nH]2)c1O. The number of imidazole rings is 1. The van der Waals surface area contributed by atoms with Gasteiger partial charge in [0.25, 0.3) is 0 Å². The van der Waals surface area contributed by atoms with E-state index in [1.54, 1.807) is 6.92 Å². The van der Waals surface area contributed by atoms with Gasteiger partial charge in [-0.25, -0.2) is 9.37 Å². The molecule has 27 heavy (non-hydrogen) atoms. The number of aromatic amines is 1. The first kappa shape index (κ1) is 17.9. The number of phenolic OH excluding ortho intramolecular Hbond substituents is 1. The maximum atomic E-state index is 14.1. The predicted octanol–water partition coefficient (Wildman–Crippen LogP) is 3.92. The van der Waals surface area contributed by atoms with Gasteiger partial charge in [-0.05, 0) is 56.6 Å². The molecule has 1 atom stereocenters. The van der Waals surface area contributed by atoms with E-state index in [0.29, 0.717) is 17.0 Å². The fourth-order valence-corrected chi connectivity index (χ4v) is 3.66. The Morgan fingerprint density at radius 3 is 2.74 bits per heavy atom. The maximum absolute atomic E-state index is 14.1. The molecule has 1 fully saturated rings. The lowest BCUT2D eigenvalue weighted by molar-refractivity contribution is -0.0272. The Balaban J connectivity index is 1.75. The molecule has 0 saturated carbocycles. The largest absolute Gasteiger partial charge is 0.507 e. The second-order valence-corrected chi connectivity index (χ2v) is 7.32. The van der Waals surface area contributed by atoms with Gasteiger partial charge in [-0.15, -0.1) is 0 Å². The van der Waals surface area contributed by atoms with Gasteiger partial charge in [0.05, 0.1) is 17.1 Å². The summed E-state index contributed by atoms with van der Waals surface area (Å²) in [7, 11) is 2.09. The van der Waals surface area contributed by atoms with Gasteiger partial charge in [0.15, 0.2) is 0 Å². The molecule has 1 saturated heterocycles. The minimum Gasteiger partial charge on any atom is -0.507 e. The van der Waals surface area contributed by atoms with Crippen molar-refractivity contribution in [1.82, 2.24) is 14.9 Å². The molecule has 0 aliphatic carbocycles. The van der Waals surface area contributed by atoms with Gasteiger partial charge in [-0.2, -0.15) is 0 Å². The molecule has 0 radical (unpaired) electrons. The van der Waals surface area contributed by atoms with Crippen LogP contribution in [0.25, 0.3) is 11.0 Å². The topological polar surface area (TPSA) is 61.4 Å². The number of piperidine rings is 1. The number of H-pyrrole nitrogens is 1. The quantitative estimate of drug-likeness (QED) is 0.732. The first-order valence-corrected chi connectivity index (χ1v) is 9.29. The fourth-order valence-electron chi connectivity index (χ4n) is 3.66. The third-order valence-electron chi connectivity index (χ3n) is 5.23. The van der Waals surface area contributed by atoms with Crippen molar-refractivity contribution in [3.05, 3.63) is 59.2 Å². The summed E-state index contributed by atoms with van der Waals surface area (Å²) in [5.74, 6) is 0.235. The van der Waals surface area contributed by atoms with Crippen LogP contribution >= 0.6 is 0 Å². The summed E-state index contributed by atoms with van der Waals surface area (Å²) in [6.07, 6.45) is 1.16. The highest BCUT2D eigenvalue weighted by Gasteiger charge is 2.28. The number of benzene rings is 2. The zero-order valence-corrected chi connectivity index (χ0v) is 15.6. The van der Waals surface area contributed by atoms with Crippen LogP contribution in [0.15, 0.2) is 36.4 Å². The number of hydrogen-bond donors (Lipinski definition) is 2. The monoisotopic (exact) mass is 369 g/mol. The molecule has 2 N–H and O–H groups in total. The number of nitrogens with zero attached hydrogens (tertiary/aromatic N) is 2. The van der Waals surface area contributed by atoms with E-state index in [-0.39, 0.29) is 11.9 Å². The van der Waals surface area contributed by atoms with E-state index in [2.05, 4.69) is 21.9 Å². The van der Waals surface area contributed by atoms with E-state index in [4.69, 9.17) is 4.74 Å². The van der Waals surface area contributed by atoms with E-state index in [9.17, 15) is 9.50 Å². The summed E-state index contributed by atoms with van der Waals surface area (Å²) in [5.41, 5.74) is 2.60. The number of ether oxygens (including phenoxy) is 1. The number of aryl methyl sites for hydroxylation is 1. The van der Waals surface area contributed by atoms with Crippen molar-refractivity contribution in [2.45, 2.75) is 32.0 Å². The van der Waals surface area contributed by atoms with Crippen molar-refractivity contribution in [3.63, 3.8) is 0 Å². The molecule has 1 unspecified atom stereocenters. The number of rotatable bonds is 4. The number of phenols is 1. The number of aromatic hydroxyl groups is 1. The molecule has 3 aromatic rings. The predicted molar refractivity (Wildman–Crippen MR) is 102 cm³/mol. The number of fused-ring (bicyclic) bond motifs is 1. The van der Waals surface area contributed by atoms with Crippen LogP contribution in [0.4, 0.5) is 4.39 Å². The first-order valence-electron chi connectivity index (χ1n) is 9.29. The molecule has 0 amide bonds. The van der Waals surface area contributed by atoms with E-state index in [1.807, 2.05) is 24.3 Å². The molecule has 1 aromatic heterocycles. The van der Waals surface area contributed by atoms with Gasteiger partial charge in [0.2, 0.25) is 0 Å². The van der Waals surface area contributed by atoms with E-state index < -0.39 is 11.9 Å². The Labute approximate surface area is 157 Å². The number of para-hydroxylation sites is 2. The number of aromatic nitrogens is 2. The number of nitrogens with one attached hydrogen (secondary N) is 1. The Morgan fingerprint density at radius 1 is 1.26 bits per heavy atom. The van der Waals surface area contributed by atoms with E-state index in [0.717, 1.165) is 37.0 Å². The van der Waals surface area contributed by atoms with Crippen LogP contribution in [-0.4, -0.2) is 46.2 Å². The highest BCUT2D eigenvalue weighted by atomic mass is 19.1. The molecular formula is C21H24FN3O2. The zero-order chi connectivity index (χ0) is 19.0. The van der Waals surface area contributed by atoms with Gasteiger partial charge in [0, 0.05) is 18.7 Å². The van der Waals surface area contributed by atoms with Crippen molar-refractivity contribution >= 4 is 11.0 Å². The van der Waals surface area contributed by atoms with Crippen molar-refractivity contribution in [1.29, 1.82) is 0 Å². The van der Waals surface area contributed by atoms with Crippen LogP contribution in [0, 0.1) is 12.7 Å². The molecule has 1 aliphatic heterocycles. The van der Waals surface area contributed by atoms with Crippen molar-refractivity contribution in [2.75, 3.05) is 20.1 Å². The highest BCUT2D eigenvalue weighted by molar-refractivity contribution is 5.75. The molecule has 1 aliphatic rings. The lowest BCUT2D eigenvalue weighted by Gasteiger charge is -2.31. The Hall–Kier alpha value is -2.44. The summed E-state index contributed by atoms with van der Waals surface area (Å²) >= 11 is 0. The summed E-state index contributed by atoms with van der Waals surface area (Å²) < 4.78 is 20.5. The average Bonchev–Trinajstić information content (AvgIpc) is 3.08. The molecule has 6 heteroatoms. The first-order chi connectivity index (χ1) is 13.0. The van der Waals surface area contributed by atoms with Crippen molar-refractivity contribution in [3.8, 4) is 5.75 Å². The molecular weight excluding hydrogens is 345 g/mol. The van der Waals surface area contributed by atoms with Gasteiger partial charge in [-0.3, -0.25) is 0 Å². The molecule has 0 bridgehead atoms. The Kier molecular flexibility index (Phi) is 4.85. The fraction of sp³-hybridized carbons (Fsp3) is 0.381. The van der Waals surface area contributed by atoms with Gasteiger partial charge >= 0.3 is 0 Å². The number of likely N-dealkylation sites (tertiary alicyclic amines) is 1. The molecule has 5 nitrogen and oxygen atoms in total. The number of halogens is 1. The lowest BCUT2D eigenvalue weighted by atomic mass is 10.0. The third-order valence-corrected chi connectivity index (χ3v) is 5.23. The van der Waals surface area contributed by atoms with Crippen LogP contribution in [0.2, 0.25) is 0 Å². The highest BCUT2D eigenvalue weighted by Crippen LogP contribution is 2.36. The van der Waals surface area contributed by atoms with Gasteiger partial charge in [0.1, 0.15) is 23.5 Å². The van der Waals surface area contributed by atoms with Crippen molar-refractivity contribution < 1.29 is 14.2 Å². The van der Waals surface area contributed by atoms with E-state index >= 15 is 0 Å². The Bertz CT molecular complexity index is 915. The minimum atomic E-state index is -0.653. The summed E-state index contributed by atoms with van der Waals surface area (Å²) in [6.45, 7) is 3.59. The van der Waals surface area contributed by atoms with Crippen LogP contribution in [0.5, 0.6) is 5.75 Å². The van der Waals surface area contributed by atoms with Crippen LogP contribution in [-0.2, 0) is 4.74 Å². The van der Waals surface area contributed by atoms with Crippen LogP contribution in [0.3, 0.4) is 0 Å². The minimum absolute atomic E-state index is 0.0300. The van der Waals surface area contributed by atoms with Gasteiger partial charge in [-0.1, -0.05) is 12.1 Å². The number of hydrogen-bond acceptors (Lipinski definition) is 4. The molecule has 4 rings (SSSR count). The zero-order valence-electron chi connectivity index (χ0n) is 15.6. The van der Waals surface area contributed by atoms with E-state index in [1.165, 1.54) is 12.1 Å². The smallest absolute Gasteiger partial charge is 0.144 e. The standard InChI is InChI=1S/C21H24FN3O2/c1-13-11-14(22)12-16(19(13)26)20(27-15-7-9-25(2)10-8-15)21-23-17-5-3-4-6-18(17)24-21/h3-6,11-12,15,20,26H,7-10H2,1-2H3,(H,23,24). The second-order valence-electron chi connectivity index (χ2n) is 7.32. The van der Waals surface area contributed by atoms with Gasteiger partial charge < -0.3 is 19.7 Å².